The Morgan fingerprint density at radius 3 is 2.86 bits per heavy atom. The topological polar surface area (TPSA) is 113 Å². The first-order valence-electron chi connectivity index (χ1n) is 8.88. The molecule has 0 radical (unpaired) electrons. The van der Waals surface area contributed by atoms with Gasteiger partial charge in [0.15, 0.2) is 5.82 Å². The molecule has 4 aromatic rings. The lowest BCUT2D eigenvalue weighted by Gasteiger charge is -2.03. The SMILES string of the molecule is CCOC(=O)c1oc2ccccc2c1Cn1cnc(-c2cccc([N+](=O)[O-])c2)n1. The van der Waals surface area contributed by atoms with Crippen LogP contribution in [-0.4, -0.2) is 32.3 Å². The third kappa shape index (κ3) is 3.57. The molecule has 0 aliphatic rings. The number of aromatic nitrogens is 3. The van der Waals surface area contributed by atoms with Gasteiger partial charge in [-0.25, -0.2) is 14.5 Å². The molecule has 0 N–H and O–H groups in total. The third-order valence-corrected chi connectivity index (χ3v) is 4.33. The van der Waals surface area contributed by atoms with Gasteiger partial charge in [-0.3, -0.25) is 10.1 Å². The summed E-state index contributed by atoms with van der Waals surface area (Å²) in [5.74, 6) is -0.0719. The Kier molecular flexibility index (Phi) is 4.78. The Morgan fingerprint density at radius 1 is 1.24 bits per heavy atom. The molecule has 2 aromatic carbocycles. The fraction of sp³-hybridized carbons (Fsp3) is 0.150. The van der Waals surface area contributed by atoms with Crippen LogP contribution in [0.25, 0.3) is 22.4 Å². The summed E-state index contributed by atoms with van der Waals surface area (Å²) in [4.78, 5) is 27.1. The monoisotopic (exact) mass is 392 g/mol. The number of para-hydroxylation sites is 1. The molecule has 0 saturated heterocycles. The molecule has 0 unspecified atom stereocenters. The van der Waals surface area contributed by atoms with Gasteiger partial charge in [-0.15, -0.1) is 0 Å². The number of hydrogen-bond donors (Lipinski definition) is 0. The number of ether oxygens (including phenoxy) is 1. The first-order chi connectivity index (χ1) is 14.1. The van der Waals surface area contributed by atoms with Crippen LogP contribution >= 0.6 is 0 Å². The predicted octanol–water partition coefficient (Wildman–Crippen LogP) is 3.82. The maximum Gasteiger partial charge on any atom is 0.374 e. The van der Waals surface area contributed by atoms with E-state index in [1.807, 2.05) is 18.2 Å². The minimum Gasteiger partial charge on any atom is -0.460 e. The molecule has 9 nitrogen and oxygen atoms in total. The number of carbonyl (C=O) groups excluding carboxylic acids is 1. The average Bonchev–Trinajstić information content (AvgIpc) is 3.34. The molecular formula is C20H16N4O5. The van der Waals surface area contributed by atoms with Crippen molar-refractivity contribution in [1.29, 1.82) is 0 Å². The van der Waals surface area contributed by atoms with E-state index < -0.39 is 10.9 Å². The predicted molar refractivity (Wildman–Crippen MR) is 103 cm³/mol. The van der Waals surface area contributed by atoms with Gasteiger partial charge in [0, 0.05) is 28.6 Å². The van der Waals surface area contributed by atoms with Gasteiger partial charge in [-0.2, -0.15) is 5.10 Å². The van der Waals surface area contributed by atoms with E-state index >= 15 is 0 Å². The van der Waals surface area contributed by atoms with E-state index in [1.165, 1.54) is 18.5 Å². The van der Waals surface area contributed by atoms with Crippen LogP contribution < -0.4 is 0 Å². The number of nitro benzene ring substituents is 1. The second-order valence-corrected chi connectivity index (χ2v) is 6.20. The fourth-order valence-corrected chi connectivity index (χ4v) is 3.04. The molecule has 0 saturated carbocycles. The van der Waals surface area contributed by atoms with E-state index in [-0.39, 0.29) is 24.6 Å². The van der Waals surface area contributed by atoms with Crippen LogP contribution in [0.1, 0.15) is 23.0 Å². The van der Waals surface area contributed by atoms with Crippen molar-refractivity contribution in [3.05, 3.63) is 76.3 Å². The number of carbonyl (C=O) groups is 1. The summed E-state index contributed by atoms with van der Waals surface area (Å²) in [5, 5.41) is 16.2. The number of rotatable bonds is 6. The molecule has 0 bridgehead atoms. The normalized spacial score (nSPS) is 10.9. The first-order valence-corrected chi connectivity index (χ1v) is 8.88. The molecule has 0 amide bonds. The van der Waals surface area contributed by atoms with E-state index in [0.29, 0.717) is 22.5 Å². The van der Waals surface area contributed by atoms with Gasteiger partial charge in [0.1, 0.15) is 11.9 Å². The Balaban J connectivity index is 1.69. The van der Waals surface area contributed by atoms with Gasteiger partial charge in [-0.05, 0) is 13.0 Å². The maximum absolute atomic E-state index is 12.3. The van der Waals surface area contributed by atoms with Crippen molar-refractivity contribution < 1.29 is 18.9 Å². The lowest BCUT2D eigenvalue weighted by molar-refractivity contribution is -0.384. The fourth-order valence-electron chi connectivity index (χ4n) is 3.04. The summed E-state index contributed by atoms with van der Waals surface area (Å²) in [7, 11) is 0. The second-order valence-electron chi connectivity index (χ2n) is 6.20. The number of benzene rings is 2. The quantitative estimate of drug-likeness (QED) is 0.278. The Hall–Kier alpha value is -4.01. The molecule has 0 aliphatic carbocycles. The summed E-state index contributed by atoms with van der Waals surface area (Å²) in [5.41, 5.74) is 1.70. The maximum atomic E-state index is 12.3. The molecule has 4 rings (SSSR count). The van der Waals surface area contributed by atoms with Gasteiger partial charge in [0.05, 0.1) is 18.1 Å². The Bertz CT molecular complexity index is 1210. The highest BCUT2D eigenvalue weighted by Crippen LogP contribution is 2.28. The molecule has 0 spiro atoms. The van der Waals surface area contributed by atoms with Crippen molar-refractivity contribution in [3.8, 4) is 11.4 Å². The molecule has 9 heteroatoms. The highest BCUT2D eigenvalue weighted by molar-refractivity contribution is 5.96. The summed E-state index contributed by atoms with van der Waals surface area (Å²) in [6.45, 7) is 2.19. The van der Waals surface area contributed by atoms with Crippen molar-refractivity contribution in [3.63, 3.8) is 0 Å². The summed E-state index contributed by atoms with van der Waals surface area (Å²) in [6, 6.07) is 13.4. The second kappa shape index (κ2) is 7.55. The molecule has 0 atom stereocenters. The zero-order valence-electron chi connectivity index (χ0n) is 15.4. The summed E-state index contributed by atoms with van der Waals surface area (Å²) in [6.07, 6.45) is 1.50. The van der Waals surface area contributed by atoms with Crippen molar-refractivity contribution >= 4 is 22.6 Å². The van der Waals surface area contributed by atoms with Gasteiger partial charge >= 0.3 is 5.97 Å². The minimum absolute atomic E-state index is 0.0377. The van der Waals surface area contributed by atoms with Crippen LogP contribution in [0.4, 0.5) is 5.69 Å². The van der Waals surface area contributed by atoms with Crippen LogP contribution in [0.2, 0.25) is 0 Å². The van der Waals surface area contributed by atoms with Crippen molar-refractivity contribution in [2.45, 2.75) is 13.5 Å². The van der Waals surface area contributed by atoms with Crippen LogP contribution in [0.5, 0.6) is 0 Å². The molecule has 2 aromatic heterocycles. The Labute approximate surface area is 164 Å². The lowest BCUT2D eigenvalue weighted by Crippen LogP contribution is -2.09. The van der Waals surface area contributed by atoms with Gasteiger partial charge in [0.2, 0.25) is 5.76 Å². The van der Waals surface area contributed by atoms with Gasteiger partial charge < -0.3 is 9.15 Å². The number of furan rings is 1. The number of fused-ring (bicyclic) bond motifs is 1. The Morgan fingerprint density at radius 2 is 2.07 bits per heavy atom. The van der Waals surface area contributed by atoms with Crippen LogP contribution in [0, 0.1) is 10.1 Å². The molecule has 29 heavy (non-hydrogen) atoms. The molecule has 146 valence electrons. The van der Waals surface area contributed by atoms with Crippen LogP contribution in [0.3, 0.4) is 0 Å². The van der Waals surface area contributed by atoms with Crippen LogP contribution in [0.15, 0.2) is 59.3 Å². The smallest absolute Gasteiger partial charge is 0.374 e. The largest absolute Gasteiger partial charge is 0.460 e. The summed E-state index contributed by atoms with van der Waals surface area (Å²) < 4.78 is 12.4. The number of nitro groups is 1. The van der Waals surface area contributed by atoms with E-state index in [9.17, 15) is 14.9 Å². The van der Waals surface area contributed by atoms with E-state index in [2.05, 4.69) is 10.1 Å². The third-order valence-electron chi connectivity index (χ3n) is 4.33. The van der Waals surface area contributed by atoms with E-state index in [0.717, 1.165) is 5.39 Å². The van der Waals surface area contributed by atoms with Crippen molar-refractivity contribution in [2.24, 2.45) is 0 Å². The van der Waals surface area contributed by atoms with Crippen molar-refractivity contribution in [1.82, 2.24) is 14.8 Å². The molecule has 0 fully saturated rings. The number of nitrogens with zero attached hydrogens (tertiary/aromatic N) is 4. The van der Waals surface area contributed by atoms with Gasteiger partial charge in [-0.1, -0.05) is 30.3 Å². The molecule has 0 aliphatic heterocycles. The average molecular weight is 392 g/mol. The molecule has 2 heterocycles. The van der Waals surface area contributed by atoms with Crippen LogP contribution in [-0.2, 0) is 11.3 Å². The lowest BCUT2D eigenvalue weighted by atomic mass is 10.1. The first kappa shape index (κ1) is 18.4. The van der Waals surface area contributed by atoms with Gasteiger partial charge in [0.25, 0.3) is 5.69 Å². The minimum atomic E-state index is -0.544. The number of non-ortho nitro benzene ring substituents is 1. The van der Waals surface area contributed by atoms with E-state index in [1.54, 1.807) is 29.8 Å². The number of hydrogen-bond acceptors (Lipinski definition) is 7. The number of esters is 1. The van der Waals surface area contributed by atoms with E-state index in [4.69, 9.17) is 9.15 Å². The molecular weight excluding hydrogens is 376 g/mol. The summed E-state index contributed by atoms with van der Waals surface area (Å²) >= 11 is 0. The van der Waals surface area contributed by atoms with Crippen molar-refractivity contribution in [2.75, 3.05) is 6.61 Å². The highest BCUT2D eigenvalue weighted by atomic mass is 16.6. The standard InChI is InChI=1S/C20H16N4O5/c1-2-28-20(25)18-16(15-8-3-4-9-17(15)29-18)11-23-12-21-19(22-23)13-6-5-7-14(10-13)24(26)27/h3-10,12H,2,11H2,1H3. The zero-order valence-corrected chi connectivity index (χ0v) is 15.4. The zero-order chi connectivity index (χ0) is 20.4. The highest BCUT2D eigenvalue weighted by Gasteiger charge is 2.22.